The second-order valence-electron chi connectivity index (χ2n) is 4.95. The van der Waals surface area contributed by atoms with E-state index in [1.54, 1.807) is 24.4 Å². The molecule has 2 heteroatoms. The van der Waals surface area contributed by atoms with Gasteiger partial charge in [0.1, 0.15) is 0 Å². The molecule has 0 N–H and O–H groups in total. The molecule has 110 valence electrons. The summed E-state index contributed by atoms with van der Waals surface area (Å²) in [5, 5.41) is 0. The van der Waals surface area contributed by atoms with E-state index in [2.05, 4.69) is 9.97 Å². The maximum absolute atomic E-state index is 8.31. The van der Waals surface area contributed by atoms with Crippen LogP contribution in [0.2, 0.25) is 0 Å². The second kappa shape index (κ2) is 6.52. The lowest BCUT2D eigenvalue weighted by Crippen LogP contribution is -1.98. The van der Waals surface area contributed by atoms with E-state index < -0.39 is 19.1 Å². The van der Waals surface area contributed by atoms with Gasteiger partial charge in [0.2, 0.25) is 0 Å². The summed E-state index contributed by atoms with van der Waals surface area (Å²) >= 11 is 0. The molecule has 2 heterocycles. The van der Waals surface area contributed by atoms with Gasteiger partial charge in [0, 0.05) is 31.2 Å². The summed E-state index contributed by atoms with van der Waals surface area (Å²) in [7, 11) is 0. The van der Waals surface area contributed by atoms with Crippen LogP contribution in [0.15, 0.2) is 66.9 Å². The molecule has 0 bridgehead atoms. The maximum Gasteiger partial charge on any atom is 0.0708 e. The molecule has 0 radical (unpaired) electrons. The van der Waals surface area contributed by atoms with Gasteiger partial charge >= 0.3 is 0 Å². The Balaban J connectivity index is 2.03. The number of hydrogen-bond donors (Lipinski definition) is 0. The minimum Gasteiger partial charge on any atom is -0.256 e. The van der Waals surface area contributed by atoms with Crippen LogP contribution >= 0.6 is 0 Å². The molecule has 0 spiro atoms. The zero-order chi connectivity index (χ0) is 20.6. The van der Waals surface area contributed by atoms with Gasteiger partial charge in [-0.2, -0.15) is 0 Å². The van der Waals surface area contributed by atoms with Gasteiger partial charge in [0.05, 0.1) is 11.4 Å². The Kier molecular flexibility index (Phi) is 2.62. The number of benzene rings is 1. The number of pyridine rings is 2. The predicted molar refractivity (Wildman–Crippen MR) is 91.4 cm³/mol. The van der Waals surface area contributed by atoms with Gasteiger partial charge < -0.3 is 0 Å². The van der Waals surface area contributed by atoms with Gasteiger partial charge in [-0.3, -0.25) is 9.97 Å². The van der Waals surface area contributed by atoms with Crippen LogP contribution in [0.4, 0.5) is 0 Å². The van der Waals surface area contributed by atoms with Gasteiger partial charge in [-0.15, -0.1) is 0 Å². The highest BCUT2D eigenvalue weighted by Crippen LogP contribution is 2.23. The van der Waals surface area contributed by atoms with E-state index >= 15 is 0 Å². The molecule has 1 aromatic carbocycles. The lowest BCUT2D eigenvalue weighted by atomic mass is 10.0. The molecule has 0 aliphatic carbocycles. The Morgan fingerprint density at radius 3 is 2.73 bits per heavy atom. The molecule has 3 rings (SSSR count). The van der Waals surface area contributed by atoms with Crippen molar-refractivity contribution in [2.75, 3.05) is 0 Å². The van der Waals surface area contributed by atoms with Crippen molar-refractivity contribution in [3.63, 3.8) is 0 Å². The molecule has 22 heavy (non-hydrogen) atoms. The van der Waals surface area contributed by atoms with Crippen LogP contribution in [0.5, 0.6) is 0 Å². The van der Waals surface area contributed by atoms with E-state index in [1.165, 1.54) is 6.07 Å². The molecule has 3 aromatic rings. The molecular formula is C20H20N2. The van der Waals surface area contributed by atoms with Crippen LogP contribution in [0.3, 0.4) is 0 Å². The highest BCUT2D eigenvalue weighted by Gasteiger charge is 2.05. The highest BCUT2D eigenvalue weighted by atomic mass is 14.7. The summed E-state index contributed by atoms with van der Waals surface area (Å²) in [6.45, 7) is -1.72. The molecule has 0 aliphatic heterocycles. The Morgan fingerprint density at radius 2 is 1.91 bits per heavy atom. The van der Waals surface area contributed by atoms with Crippen molar-refractivity contribution in [3.8, 4) is 22.5 Å². The topological polar surface area (TPSA) is 25.8 Å². The molecule has 2 aromatic heterocycles. The van der Waals surface area contributed by atoms with Crippen molar-refractivity contribution < 1.29 is 8.22 Å². The molecule has 0 saturated heterocycles. The maximum atomic E-state index is 8.31. The number of aromatic nitrogens is 2. The summed E-state index contributed by atoms with van der Waals surface area (Å²) in [5.74, 6) is -2.35. The fraction of sp³-hybridized carbons (Fsp3) is 0.200. The minimum atomic E-state index is -2.80. The molecule has 0 saturated carbocycles. The van der Waals surface area contributed by atoms with Crippen molar-refractivity contribution in [1.82, 2.24) is 9.97 Å². The smallest absolute Gasteiger partial charge is 0.0708 e. The first-order chi connectivity index (χ1) is 13.0. The third-order valence-electron chi connectivity index (χ3n) is 3.19. The normalized spacial score (nSPS) is 18.8. The van der Waals surface area contributed by atoms with E-state index in [9.17, 15) is 0 Å². The van der Waals surface area contributed by atoms with E-state index in [0.29, 0.717) is 5.69 Å². The molecular weight excluding hydrogens is 268 g/mol. The minimum absolute atomic E-state index is 0.0864. The van der Waals surface area contributed by atoms with E-state index in [-0.39, 0.29) is 5.69 Å². The SMILES string of the molecule is [2H]C([2H])([2H])C([2H])(C)C([2H])([2H])c1cccc(-c2ccnc(-c3ccccc3)c2)n1. The van der Waals surface area contributed by atoms with Gasteiger partial charge in [-0.25, -0.2) is 0 Å². The van der Waals surface area contributed by atoms with Crippen LogP contribution in [0.25, 0.3) is 22.5 Å². The zero-order valence-corrected chi connectivity index (χ0v) is 12.2. The van der Waals surface area contributed by atoms with Gasteiger partial charge in [-0.05, 0) is 36.5 Å². The average Bonchev–Trinajstić information content (AvgIpc) is 2.68. The molecule has 0 amide bonds. The Morgan fingerprint density at radius 1 is 1.05 bits per heavy atom. The van der Waals surface area contributed by atoms with E-state index in [1.807, 2.05) is 36.4 Å². The first-order valence-electron chi connectivity index (χ1n) is 10.0. The fourth-order valence-electron chi connectivity index (χ4n) is 2.21. The first-order valence-corrected chi connectivity index (χ1v) is 7.03. The van der Waals surface area contributed by atoms with Crippen LogP contribution in [0, 0.1) is 5.89 Å². The summed E-state index contributed by atoms with van der Waals surface area (Å²) < 4.78 is 47.4. The zero-order valence-electron chi connectivity index (χ0n) is 18.2. The van der Waals surface area contributed by atoms with Gasteiger partial charge in [-0.1, -0.05) is 50.2 Å². The lowest BCUT2D eigenvalue weighted by molar-refractivity contribution is 0.636. The number of hydrogen-bond acceptors (Lipinski definition) is 2. The second-order valence-corrected chi connectivity index (χ2v) is 4.95. The summed E-state index contributed by atoms with van der Waals surface area (Å²) in [5.41, 5.74) is 2.82. The lowest BCUT2D eigenvalue weighted by Gasteiger charge is -2.08. The average molecular weight is 294 g/mol. The molecule has 1 unspecified atom stereocenters. The van der Waals surface area contributed by atoms with Crippen molar-refractivity contribution in [3.05, 3.63) is 72.6 Å². The third-order valence-corrected chi connectivity index (χ3v) is 3.19. The molecule has 1 atom stereocenters. The largest absolute Gasteiger partial charge is 0.256 e. The van der Waals surface area contributed by atoms with Crippen molar-refractivity contribution in [1.29, 1.82) is 0 Å². The van der Waals surface area contributed by atoms with Crippen molar-refractivity contribution >= 4 is 0 Å². The van der Waals surface area contributed by atoms with Crippen LogP contribution in [-0.4, -0.2) is 9.97 Å². The third kappa shape index (κ3) is 3.40. The first kappa shape index (κ1) is 8.84. The van der Waals surface area contributed by atoms with Gasteiger partial charge in [0.15, 0.2) is 0 Å². The van der Waals surface area contributed by atoms with Gasteiger partial charge in [0.25, 0.3) is 0 Å². The number of rotatable bonds is 4. The highest BCUT2D eigenvalue weighted by molar-refractivity contribution is 5.68. The summed E-state index contributed by atoms with van der Waals surface area (Å²) in [6, 6.07) is 18.0. The van der Waals surface area contributed by atoms with Crippen molar-refractivity contribution in [2.24, 2.45) is 5.89 Å². The summed E-state index contributed by atoms with van der Waals surface area (Å²) in [6.07, 6.45) is -0.818. The monoisotopic (exact) mass is 294 g/mol. The van der Waals surface area contributed by atoms with Crippen LogP contribution < -0.4 is 0 Å². The van der Waals surface area contributed by atoms with E-state index in [0.717, 1.165) is 23.7 Å². The quantitative estimate of drug-likeness (QED) is 0.676. The van der Waals surface area contributed by atoms with E-state index in [4.69, 9.17) is 8.22 Å². The molecule has 2 nitrogen and oxygen atoms in total. The Hall–Kier alpha value is -2.48. The Labute approximate surface area is 140 Å². The van der Waals surface area contributed by atoms with Crippen LogP contribution in [-0.2, 0) is 6.37 Å². The predicted octanol–water partition coefficient (Wildman–Crippen LogP) is 5.01. The molecule has 0 aliphatic rings. The van der Waals surface area contributed by atoms with Crippen LogP contribution in [0.1, 0.15) is 27.7 Å². The Bertz CT molecular complexity index is 968. The summed E-state index contributed by atoms with van der Waals surface area (Å²) in [4.78, 5) is 8.73. The standard InChI is InChI=1S/C20H20N2/c1-15(2)13-18-9-6-10-19(22-18)17-11-12-21-20(14-17)16-7-4-3-5-8-16/h3-12,14-15H,13H2,1-2H3/i1D3,13D2,15D. The van der Waals surface area contributed by atoms with Crippen molar-refractivity contribution in [2.45, 2.75) is 20.1 Å². The molecule has 0 fully saturated rings. The fourth-order valence-corrected chi connectivity index (χ4v) is 2.21. The number of nitrogens with zero attached hydrogens (tertiary/aromatic N) is 2.